The van der Waals surface area contributed by atoms with Gasteiger partial charge in [0, 0.05) is 52.1 Å². The monoisotopic (exact) mass is 476 g/mol. The highest BCUT2D eigenvalue weighted by atomic mass is 16.7. The lowest BCUT2D eigenvalue weighted by atomic mass is 10.0. The van der Waals surface area contributed by atoms with E-state index in [4.69, 9.17) is 28.4 Å². The van der Waals surface area contributed by atoms with Crippen molar-refractivity contribution in [2.75, 3.05) is 26.4 Å². The molecule has 0 saturated carbocycles. The predicted molar refractivity (Wildman–Crippen MR) is 127 cm³/mol. The molecular formula is C25H48O8. The molecule has 0 N–H and O–H groups in total. The maximum Gasteiger partial charge on any atom is 0.317 e. The SMILES string of the molecule is CCCC(CC(C)OC(=O)CC(=O)OC(C)CC(CCC)(OCC)OCC)(OCC)OCC. The summed E-state index contributed by atoms with van der Waals surface area (Å²) in [6.45, 7) is 17.2. The van der Waals surface area contributed by atoms with Crippen molar-refractivity contribution < 1.29 is 38.0 Å². The number of hydrogen-bond acceptors (Lipinski definition) is 8. The molecule has 0 amide bonds. The van der Waals surface area contributed by atoms with E-state index in [0.29, 0.717) is 52.1 Å². The zero-order valence-corrected chi connectivity index (χ0v) is 22.2. The van der Waals surface area contributed by atoms with Crippen molar-refractivity contribution in [2.24, 2.45) is 0 Å². The van der Waals surface area contributed by atoms with Crippen LogP contribution in [0.4, 0.5) is 0 Å². The second-order valence-corrected chi connectivity index (χ2v) is 8.24. The Morgan fingerprint density at radius 2 is 0.909 bits per heavy atom. The molecular weight excluding hydrogens is 428 g/mol. The molecule has 0 radical (unpaired) electrons. The Bertz CT molecular complexity index is 456. The molecule has 8 heteroatoms. The molecule has 0 aliphatic rings. The molecule has 0 aromatic heterocycles. The van der Waals surface area contributed by atoms with E-state index < -0.39 is 42.1 Å². The maximum absolute atomic E-state index is 12.3. The molecule has 0 saturated heterocycles. The van der Waals surface area contributed by atoms with Gasteiger partial charge in [0.15, 0.2) is 11.6 Å². The summed E-state index contributed by atoms with van der Waals surface area (Å²) in [6, 6.07) is 0. The van der Waals surface area contributed by atoms with Crippen molar-refractivity contribution >= 4 is 11.9 Å². The number of carbonyl (C=O) groups excluding carboxylic acids is 2. The zero-order chi connectivity index (χ0) is 25.3. The van der Waals surface area contributed by atoms with Crippen molar-refractivity contribution in [3.05, 3.63) is 0 Å². The van der Waals surface area contributed by atoms with Crippen LogP contribution < -0.4 is 0 Å². The highest BCUT2D eigenvalue weighted by molar-refractivity contribution is 5.91. The van der Waals surface area contributed by atoms with Crippen molar-refractivity contribution in [3.8, 4) is 0 Å². The first-order valence-corrected chi connectivity index (χ1v) is 12.6. The molecule has 0 heterocycles. The summed E-state index contributed by atoms with van der Waals surface area (Å²) in [6.07, 6.45) is 2.50. The topological polar surface area (TPSA) is 89.5 Å². The summed E-state index contributed by atoms with van der Waals surface area (Å²) in [4.78, 5) is 24.7. The fraction of sp³-hybridized carbons (Fsp3) is 0.920. The van der Waals surface area contributed by atoms with E-state index >= 15 is 0 Å². The first kappa shape index (κ1) is 31.8. The zero-order valence-electron chi connectivity index (χ0n) is 22.2. The summed E-state index contributed by atoms with van der Waals surface area (Å²) in [5.41, 5.74) is 0. The fourth-order valence-corrected chi connectivity index (χ4v) is 4.24. The predicted octanol–water partition coefficient (Wildman–Crippen LogP) is 5.16. The fourth-order valence-electron chi connectivity index (χ4n) is 4.24. The molecule has 0 aromatic rings. The van der Waals surface area contributed by atoms with Gasteiger partial charge in [-0.25, -0.2) is 0 Å². The molecule has 0 spiro atoms. The Labute approximate surface area is 201 Å². The van der Waals surface area contributed by atoms with Crippen LogP contribution in [-0.2, 0) is 38.0 Å². The van der Waals surface area contributed by atoms with E-state index in [0.717, 1.165) is 12.8 Å². The van der Waals surface area contributed by atoms with Crippen LogP contribution in [0.25, 0.3) is 0 Å². The number of ether oxygens (including phenoxy) is 6. The number of carbonyl (C=O) groups is 2. The summed E-state index contributed by atoms with van der Waals surface area (Å²) >= 11 is 0. The lowest BCUT2D eigenvalue weighted by Gasteiger charge is -2.35. The minimum Gasteiger partial charge on any atom is -0.462 e. The third-order valence-electron chi connectivity index (χ3n) is 5.04. The molecule has 0 rings (SSSR count). The average molecular weight is 477 g/mol. The van der Waals surface area contributed by atoms with Crippen LogP contribution in [0.5, 0.6) is 0 Å². The Balaban J connectivity index is 4.85. The summed E-state index contributed by atoms with van der Waals surface area (Å²) in [7, 11) is 0. The number of esters is 2. The van der Waals surface area contributed by atoms with Gasteiger partial charge in [-0.2, -0.15) is 0 Å². The summed E-state index contributed by atoms with van der Waals surface area (Å²) < 4.78 is 34.4. The van der Waals surface area contributed by atoms with E-state index in [2.05, 4.69) is 0 Å². The van der Waals surface area contributed by atoms with Gasteiger partial charge in [0.2, 0.25) is 0 Å². The molecule has 8 nitrogen and oxygen atoms in total. The quantitative estimate of drug-likeness (QED) is 0.135. The molecule has 33 heavy (non-hydrogen) atoms. The first-order valence-electron chi connectivity index (χ1n) is 12.6. The molecule has 0 aromatic carbocycles. The third kappa shape index (κ3) is 12.7. The van der Waals surface area contributed by atoms with Crippen molar-refractivity contribution in [2.45, 2.75) is 124 Å². The molecule has 0 aliphatic heterocycles. The Kier molecular flexibility index (Phi) is 16.6. The summed E-state index contributed by atoms with van der Waals surface area (Å²) in [5.74, 6) is -2.86. The van der Waals surface area contributed by atoms with E-state index in [1.807, 2.05) is 41.5 Å². The second-order valence-electron chi connectivity index (χ2n) is 8.24. The minimum absolute atomic E-state index is 0.391. The maximum atomic E-state index is 12.3. The Morgan fingerprint density at radius 1 is 0.606 bits per heavy atom. The van der Waals surface area contributed by atoms with Crippen LogP contribution in [0, 0.1) is 0 Å². The standard InChI is InChI=1S/C25H48O8/c1-9-15-24(28-11-3,29-12-4)18-20(7)32-22(26)17-23(27)33-21(8)19-25(16-10-2,30-13-5)31-14-6/h20-21H,9-19H2,1-8H3. The first-order chi connectivity index (χ1) is 15.6. The van der Waals surface area contributed by atoms with Crippen LogP contribution >= 0.6 is 0 Å². The van der Waals surface area contributed by atoms with E-state index in [1.165, 1.54) is 0 Å². The van der Waals surface area contributed by atoms with Crippen LogP contribution in [0.15, 0.2) is 0 Å². The van der Waals surface area contributed by atoms with Crippen LogP contribution in [0.3, 0.4) is 0 Å². The van der Waals surface area contributed by atoms with E-state index in [-0.39, 0.29) is 0 Å². The molecule has 0 fully saturated rings. The van der Waals surface area contributed by atoms with E-state index in [9.17, 15) is 9.59 Å². The lowest BCUT2D eigenvalue weighted by Crippen LogP contribution is -2.41. The smallest absolute Gasteiger partial charge is 0.317 e. The minimum atomic E-state index is -0.797. The third-order valence-corrected chi connectivity index (χ3v) is 5.04. The molecule has 0 bridgehead atoms. The van der Waals surface area contributed by atoms with E-state index in [1.54, 1.807) is 13.8 Å². The van der Waals surface area contributed by atoms with Gasteiger partial charge in [0.25, 0.3) is 0 Å². The van der Waals surface area contributed by atoms with Crippen molar-refractivity contribution in [3.63, 3.8) is 0 Å². The normalized spacial score (nSPS) is 14.1. The van der Waals surface area contributed by atoms with Gasteiger partial charge < -0.3 is 28.4 Å². The Morgan fingerprint density at radius 3 is 1.15 bits per heavy atom. The largest absolute Gasteiger partial charge is 0.462 e. The number of hydrogen-bond donors (Lipinski definition) is 0. The van der Waals surface area contributed by atoms with Crippen LogP contribution in [-0.4, -0.2) is 62.1 Å². The van der Waals surface area contributed by atoms with Gasteiger partial charge in [-0.05, 0) is 41.5 Å². The highest BCUT2D eigenvalue weighted by Gasteiger charge is 2.35. The number of rotatable bonds is 20. The van der Waals surface area contributed by atoms with Gasteiger partial charge >= 0.3 is 11.9 Å². The van der Waals surface area contributed by atoms with Gasteiger partial charge in [0.05, 0.1) is 0 Å². The van der Waals surface area contributed by atoms with Crippen molar-refractivity contribution in [1.29, 1.82) is 0 Å². The second kappa shape index (κ2) is 17.2. The molecule has 2 atom stereocenters. The summed E-state index contributed by atoms with van der Waals surface area (Å²) in [5, 5.41) is 0. The highest BCUT2D eigenvalue weighted by Crippen LogP contribution is 2.28. The molecule has 0 aliphatic carbocycles. The molecule has 2 unspecified atom stereocenters. The van der Waals surface area contributed by atoms with Gasteiger partial charge in [-0.1, -0.05) is 26.7 Å². The molecule has 196 valence electrons. The van der Waals surface area contributed by atoms with Gasteiger partial charge in [0.1, 0.15) is 18.6 Å². The Hall–Kier alpha value is -1.22. The van der Waals surface area contributed by atoms with Gasteiger partial charge in [-0.3, -0.25) is 9.59 Å². The van der Waals surface area contributed by atoms with Crippen LogP contribution in [0.2, 0.25) is 0 Å². The van der Waals surface area contributed by atoms with Crippen molar-refractivity contribution in [1.82, 2.24) is 0 Å². The lowest BCUT2D eigenvalue weighted by molar-refractivity contribution is -0.251. The van der Waals surface area contributed by atoms with Crippen LogP contribution in [0.1, 0.15) is 100 Å². The van der Waals surface area contributed by atoms with Gasteiger partial charge in [-0.15, -0.1) is 0 Å². The average Bonchev–Trinajstić information content (AvgIpc) is 2.68.